The monoisotopic (exact) mass is 329 g/mol. The van der Waals surface area contributed by atoms with Crippen LogP contribution in [0.25, 0.3) is 0 Å². The highest BCUT2D eigenvalue weighted by atomic mass is 16.3. The molecule has 0 fully saturated rings. The molecule has 0 aromatic rings. The first-order valence-electron chi connectivity index (χ1n) is 9.19. The van der Waals surface area contributed by atoms with E-state index in [9.17, 15) is 0 Å². The molecule has 0 radical (unpaired) electrons. The van der Waals surface area contributed by atoms with Gasteiger partial charge in [-0.05, 0) is 62.7 Å². The van der Waals surface area contributed by atoms with E-state index in [1.54, 1.807) is 5.57 Å². The van der Waals surface area contributed by atoms with Crippen LogP contribution in [0.1, 0.15) is 60.3 Å². The Morgan fingerprint density at radius 2 is 2.12 bits per heavy atom. The summed E-state index contributed by atoms with van der Waals surface area (Å²) in [6, 6.07) is 0. The van der Waals surface area contributed by atoms with E-state index in [0.717, 1.165) is 6.42 Å². The molecule has 1 aliphatic rings. The van der Waals surface area contributed by atoms with Crippen LogP contribution in [0.15, 0.2) is 52.1 Å². The van der Waals surface area contributed by atoms with Crippen LogP contribution in [-0.4, -0.2) is 24.5 Å². The second-order valence-electron chi connectivity index (χ2n) is 7.59. The van der Waals surface area contributed by atoms with Gasteiger partial charge in [0.15, 0.2) is 0 Å². The fraction of sp³-hybridized carbons (Fsp3) is 0.591. The number of hydrogen-bond donors (Lipinski definition) is 1. The van der Waals surface area contributed by atoms with Crippen LogP contribution >= 0.6 is 0 Å². The van der Waals surface area contributed by atoms with Gasteiger partial charge < -0.3 is 5.11 Å². The van der Waals surface area contributed by atoms with Gasteiger partial charge in [0.1, 0.15) is 0 Å². The maximum atomic E-state index is 8.68. The van der Waals surface area contributed by atoms with E-state index in [0.29, 0.717) is 17.9 Å². The lowest BCUT2D eigenvalue weighted by atomic mass is 9.72. The summed E-state index contributed by atoms with van der Waals surface area (Å²) in [6.45, 7) is 12.0. The van der Waals surface area contributed by atoms with Gasteiger partial charge >= 0.3 is 0 Å². The number of aliphatic hydroxyl groups excluding tert-OH is 1. The largest absolute Gasteiger partial charge is 0.394 e. The van der Waals surface area contributed by atoms with Gasteiger partial charge in [0, 0.05) is 0 Å². The summed E-state index contributed by atoms with van der Waals surface area (Å²) >= 11 is 0. The van der Waals surface area contributed by atoms with Gasteiger partial charge in [-0.3, -0.25) is 4.99 Å². The van der Waals surface area contributed by atoms with Gasteiger partial charge in [0.25, 0.3) is 0 Å². The topological polar surface area (TPSA) is 32.6 Å². The molecule has 0 heterocycles. The number of nitrogens with zero attached hydrogens (tertiary/aromatic N) is 1. The van der Waals surface area contributed by atoms with Crippen molar-refractivity contribution in [2.75, 3.05) is 13.2 Å². The Bertz CT molecular complexity index is 532. The maximum absolute atomic E-state index is 8.68. The molecule has 134 valence electrons. The lowest BCUT2D eigenvalue weighted by Crippen LogP contribution is -2.19. The van der Waals surface area contributed by atoms with Crippen molar-refractivity contribution in [3.63, 3.8) is 0 Å². The van der Waals surface area contributed by atoms with E-state index in [2.05, 4.69) is 70.0 Å². The van der Waals surface area contributed by atoms with Crippen LogP contribution < -0.4 is 0 Å². The second kappa shape index (κ2) is 10.5. The van der Waals surface area contributed by atoms with Crippen molar-refractivity contribution < 1.29 is 5.11 Å². The van der Waals surface area contributed by atoms with E-state index >= 15 is 0 Å². The molecule has 0 amide bonds. The lowest BCUT2D eigenvalue weighted by molar-refractivity contribution is 0.307. The van der Waals surface area contributed by atoms with Gasteiger partial charge in [-0.2, -0.15) is 0 Å². The predicted molar refractivity (Wildman–Crippen MR) is 107 cm³/mol. The molecule has 0 aromatic carbocycles. The Labute approximate surface area is 148 Å². The standard InChI is InChI=1S/C22H35NO/c1-18(8-6-9-19(2)13-15-23-16-17-24)11-12-21-20(3)10-7-14-22(21,4)5/h6,8-9,11-12,15,19,24H,7,10,13-14,16-17H2,1-5H3/b9-6+,12-11+,18-8+,23-15?. The highest BCUT2D eigenvalue weighted by Crippen LogP contribution is 2.40. The van der Waals surface area contributed by atoms with Crippen molar-refractivity contribution in [1.82, 2.24) is 0 Å². The first kappa shape index (κ1) is 20.6. The minimum absolute atomic E-state index is 0.127. The van der Waals surface area contributed by atoms with Crippen molar-refractivity contribution in [1.29, 1.82) is 0 Å². The summed E-state index contributed by atoms with van der Waals surface area (Å²) in [5, 5.41) is 8.68. The first-order chi connectivity index (χ1) is 11.4. The Hall–Kier alpha value is -1.41. The molecule has 1 aliphatic carbocycles. The third-order valence-electron chi connectivity index (χ3n) is 4.69. The highest BCUT2D eigenvalue weighted by Gasteiger charge is 2.26. The Kier molecular flexibility index (Phi) is 8.99. The minimum atomic E-state index is 0.127. The quantitative estimate of drug-likeness (QED) is 0.452. The van der Waals surface area contributed by atoms with Crippen LogP contribution in [0.4, 0.5) is 0 Å². The smallest absolute Gasteiger partial charge is 0.0626 e. The molecular weight excluding hydrogens is 294 g/mol. The zero-order valence-electron chi connectivity index (χ0n) is 16.2. The molecule has 2 nitrogen and oxygen atoms in total. The van der Waals surface area contributed by atoms with E-state index in [-0.39, 0.29) is 6.61 Å². The van der Waals surface area contributed by atoms with E-state index in [4.69, 9.17) is 5.11 Å². The SMILES string of the molecule is CC1=C(/C=C/C(C)=C/C=C/C(C)CC=NCCO)C(C)(C)CCC1. The van der Waals surface area contributed by atoms with Crippen LogP contribution in [0.2, 0.25) is 0 Å². The summed E-state index contributed by atoms with van der Waals surface area (Å²) in [6.07, 6.45) is 17.7. The molecule has 1 atom stereocenters. The van der Waals surface area contributed by atoms with Gasteiger partial charge in [-0.15, -0.1) is 0 Å². The maximum Gasteiger partial charge on any atom is 0.0626 e. The summed E-state index contributed by atoms with van der Waals surface area (Å²) in [7, 11) is 0. The lowest BCUT2D eigenvalue weighted by Gasteiger charge is -2.32. The molecule has 1 N–H and O–H groups in total. The van der Waals surface area contributed by atoms with Crippen LogP contribution in [0.5, 0.6) is 0 Å². The molecule has 0 saturated carbocycles. The van der Waals surface area contributed by atoms with E-state index in [1.165, 1.54) is 30.4 Å². The van der Waals surface area contributed by atoms with Gasteiger partial charge in [-0.1, -0.05) is 62.3 Å². The Morgan fingerprint density at radius 3 is 2.79 bits per heavy atom. The summed E-state index contributed by atoms with van der Waals surface area (Å²) in [5.41, 5.74) is 4.63. The van der Waals surface area contributed by atoms with Crippen LogP contribution in [0, 0.1) is 11.3 Å². The van der Waals surface area contributed by atoms with Gasteiger partial charge in [0.2, 0.25) is 0 Å². The Balaban J connectivity index is 2.59. The van der Waals surface area contributed by atoms with Crippen molar-refractivity contribution in [3.8, 4) is 0 Å². The number of rotatable bonds is 8. The molecular formula is C22H35NO. The second-order valence-corrected chi connectivity index (χ2v) is 7.59. The van der Waals surface area contributed by atoms with Crippen molar-refractivity contribution in [3.05, 3.63) is 47.1 Å². The molecule has 1 rings (SSSR count). The van der Waals surface area contributed by atoms with Crippen LogP contribution in [-0.2, 0) is 0 Å². The fourth-order valence-electron chi connectivity index (χ4n) is 3.15. The van der Waals surface area contributed by atoms with Crippen molar-refractivity contribution >= 4 is 6.21 Å². The average Bonchev–Trinajstić information content (AvgIpc) is 2.50. The van der Waals surface area contributed by atoms with E-state index in [1.807, 2.05) is 6.21 Å². The number of aliphatic hydroxyl groups is 1. The molecule has 0 spiro atoms. The van der Waals surface area contributed by atoms with E-state index < -0.39 is 0 Å². The highest BCUT2D eigenvalue weighted by molar-refractivity contribution is 5.57. The van der Waals surface area contributed by atoms with Crippen LogP contribution in [0.3, 0.4) is 0 Å². The predicted octanol–water partition coefficient (Wildman–Crippen LogP) is 5.66. The molecule has 1 unspecified atom stereocenters. The number of aliphatic imine (C=N–C) groups is 1. The summed E-state index contributed by atoms with van der Waals surface area (Å²) in [4.78, 5) is 4.13. The molecule has 0 aliphatic heterocycles. The average molecular weight is 330 g/mol. The van der Waals surface area contributed by atoms with Gasteiger partial charge in [-0.25, -0.2) is 0 Å². The molecule has 0 aromatic heterocycles. The first-order valence-corrected chi connectivity index (χ1v) is 9.19. The van der Waals surface area contributed by atoms with Gasteiger partial charge in [0.05, 0.1) is 13.2 Å². The third kappa shape index (κ3) is 7.44. The third-order valence-corrected chi connectivity index (χ3v) is 4.69. The zero-order chi connectivity index (χ0) is 18.0. The van der Waals surface area contributed by atoms with Crippen molar-refractivity contribution in [2.24, 2.45) is 16.3 Å². The Morgan fingerprint density at radius 1 is 1.38 bits per heavy atom. The molecule has 0 bridgehead atoms. The molecule has 2 heteroatoms. The van der Waals surface area contributed by atoms with Crippen molar-refractivity contribution in [2.45, 2.75) is 60.3 Å². The minimum Gasteiger partial charge on any atom is -0.394 e. The summed E-state index contributed by atoms with van der Waals surface area (Å²) < 4.78 is 0. The normalized spacial score (nSPS) is 20.7. The number of hydrogen-bond acceptors (Lipinski definition) is 2. The summed E-state index contributed by atoms with van der Waals surface area (Å²) in [5.74, 6) is 0.461. The number of allylic oxidation sites excluding steroid dienone is 8. The molecule has 0 saturated heterocycles. The molecule has 24 heavy (non-hydrogen) atoms. The fourth-order valence-corrected chi connectivity index (χ4v) is 3.15. The zero-order valence-corrected chi connectivity index (χ0v) is 16.2.